The second kappa shape index (κ2) is 8.06. The first-order valence-corrected chi connectivity index (χ1v) is 9.62. The molecule has 0 radical (unpaired) electrons. The quantitative estimate of drug-likeness (QED) is 0.559. The maximum atomic E-state index is 9.19. The highest BCUT2D eigenvalue weighted by molar-refractivity contribution is 5.91. The Labute approximate surface area is 180 Å². The van der Waals surface area contributed by atoms with Crippen molar-refractivity contribution in [2.75, 3.05) is 10.6 Å². The summed E-state index contributed by atoms with van der Waals surface area (Å²) in [6.07, 6.45) is 3.70. The molecule has 0 unspecified atom stereocenters. The van der Waals surface area contributed by atoms with Gasteiger partial charge in [-0.3, -0.25) is 0 Å². The standard InChI is InChI=1S/C25H19N5O/c1-15-8-9-28-23-21(15)12-22(31-24-16(2)10-19(14-27)11-17(24)3)30-25(23)29-20-6-4-18(13-26)5-7-20/h4-12,28H,1H2,2-3H3,(H,29,30). The molecule has 0 saturated heterocycles. The molecule has 1 aromatic heterocycles. The number of ether oxygens (including phenoxy) is 1. The van der Waals surface area contributed by atoms with E-state index in [2.05, 4.69) is 34.3 Å². The highest BCUT2D eigenvalue weighted by atomic mass is 16.5. The lowest BCUT2D eigenvalue weighted by molar-refractivity contribution is 0.456. The van der Waals surface area contributed by atoms with Crippen LogP contribution in [0.5, 0.6) is 11.6 Å². The third-order valence-electron chi connectivity index (χ3n) is 4.93. The topological polar surface area (TPSA) is 93.8 Å². The molecular weight excluding hydrogens is 386 g/mol. The van der Waals surface area contributed by atoms with Crippen LogP contribution < -0.4 is 15.4 Å². The van der Waals surface area contributed by atoms with E-state index in [9.17, 15) is 5.26 Å². The zero-order valence-corrected chi connectivity index (χ0v) is 17.2. The molecule has 0 atom stereocenters. The monoisotopic (exact) mass is 405 g/mol. The average molecular weight is 405 g/mol. The Morgan fingerprint density at radius 2 is 1.68 bits per heavy atom. The molecule has 2 aromatic carbocycles. The van der Waals surface area contributed by atoms with Gasteiger partial charge in [0.1, 0.15) is 5.75 Å². The number of nitrogens with zero attached hydrogens (tertiary/aromatic N) is 3. The minimum Gasteiger partial charge on any atom is -0.438 e. The lowest BCUT2D eigenvalue weighted by Gasteiger charge is -2.21. The second-order valence-corrected chi connectivity index (χ2v) is 7.20. The molecule has 6 heteroatoms. The average Bonchev–Trinajstić information content (AvgIpc) is 2.77. The van der Waals surface area contributed by atoms with Crippen molar-refractivity contribution in [3.63, 3.8) is 0 Å². The third-order valence-corrected chi connectivity index (χ3v) is 4.93. The van der Waals surface area contributed by atoms with Gasteiger partial charge in [-0.05, 0) is 73.0 Å². The Morgan fingerprint density at radius 3 is 2.32 bits per heavy atom. The molecule has 150 valence electrons. The Morgan fingerprint density at radius 1 is 1.00 bits per heavy atom. The largest absolute Gasteiger partial charge is 0.438 e. The van der Waals surface area contributed by atoms with E-state index < -0.39 is 0 Å². The van der Waals surface area contributed by atoms with Crippen molar-refractivity contribution in [2.45, 2.75) is 13.8 Å². The van der Waals surface area contributed by atoms with Crippen molar-refractivity contribution >= 4 is 22.8 Å². The molecule has 0 aliphatic carbocycles. The van der Waals surface area contributed by atoms with Crippen LogP contribution in [0.2, 0.25) is 0 Å². The smallest absolute Gasteiger partial charge is 0.221 e. The van der Waals surface area contributed by atoms with E-state index in [4.69, 9.17) is 10.00 Å². The van der Waals surface area contributed by atoms with Gasteiger partial charge >= 0.3 is 0 Å². The summed E-state index contributed by atoms with van der Waals surface area (Å²) in [6, 6.07) is 16.8. The van der Waals surface area contributed by atoms with Crippen LogP contribution in [0.15, 0.2) is 61.3 Å². The maximum absolute atomic E-state index is 9.19. The fraction of sp³-hybridized carbons (Fsp3) is 0.0800. The number of hydrogen-bond donors (Lipinski definition) is 2. The van der Waals surface area contributed by atoms with Crippen LogP contribution in [-0.2, 0) is 0 Å². The van der Waals surface area contributed by atoms with Gasteiger partial charge < -0.3 is 15.4 Å². The van der Waals surface area contributed by atoms with Crippen LogP contribution >= 0.6 is 0 Å². The molecule has 4 rings (SSSR count). The zero-order valence-electron chi connectivity index (χ0n) is 17.2. The fourth-order valence-electron chi connectivity index (χ4n) is 3.42. The van der Waals surface area contributed by atoms with Crippen molar-refractivity contribution in [3.8, 4) is 23.8 Å². The Balaban J connectivity index is 1.75. The molecule has 0 amide bonds. The normalized spacial score (nSPS) is 11.7. The maximum Gasteiger partial charge on any atom is 0.221 e. The second-order valence-electron chi connectivity index (χ2n) is 7.20. The van der Waals surface area contributed by atoms with Crippen LogP contribution in [0, 0.1) is 36.5 Å². The molecule has 1 aliphatic rings. The molecular formula is C25H19N5O. The molecule has 6 nitrogen and oxygen atoms in total. The van der Waals surface area contributed by atoms with Crippen LogP contribution in [-0.4, -0.2) is 4.98 Å². The van der Waals surface area contributed by atoms with Crippen molar-refractivity contribution in [3.05, 3.63) is 89.1 Å². The first-order chi connectivity index (χ1) is 15.0. The molecule has 0 bridgehead atoms. The summed E-state index contributed by atoms with van der Waals surface area (Å²) >= 11 is 0. The predicted molar refractivity (Wildman–Crippen MR) is 121 cm³/mol. The lowest BCUT2D eigenvalue weighted by Crippen LogP contribution is -2.07. The molecule has 1 aliphatic heterocycles. The van der Waals surface area contributed by atoms with E-state index in [0.717, 1.165) is 33.6 Å². The van der Waals surface area contributed by atoms with Crippen molar-refractivity contribution in [1.82, 2.24) is 4.98 Å². The Hall–Kier alpha value is -4.55. The highest BCUT2D eigenvalue weighted by Crippen LogP contribution is 2.39. The summed E-state index contributed by atoms with van der Waals surface area (Å²) in [5.41, 5.74) is 6.16. The summed E-state index contributed by atoms with van der Waals surface area (Å²) in [6.45, 7) is 7.93. The van der Waals surface area contributed by atoms with E-state index in [0.29, 0.717) is 28.6 Å². The molecule has 2 N–H and O–H groups in total. The summed E-state index contributed by atoms with van der Waals surface area (Å²) < 4.78 is 6.17. The van der Waals surface area contributed by atoms with Crippen LogP contribution in [0.3, 0.4) is 0 Å². The van der Waals surface area contributed by atoms with E-state index in [1.807, 2.05) is 44.3 Å². The van der Waals surface area contributed by atoms with Crippen LogP contribution in [0.25, 0.3) is 5.57 Å². The van der Waals surface area contributed by atoms with Crippen molar-refractivity contribution < 1.29 is 4.74 Å². The lowest BCUT2D eigenvalue weighted by atomic mass is 10.0. The fourth-order valence-corrected chi connectivity index (χ4v) is 3.42. The molecule has 0 saturated carbocycles. The Bertz CT molecular complexity index is 1280. The Kier molecular flexibility index (Phi) is 5.13. The number of nitrogens with one attached hydrogen (secondary N) is 2. The molecule has 0 fully saturated rings. The summed E-state index contributed by atoms with van der Waals surface area (Å²) in [5, 5.41) is 24.7. The van der Waals surface area contributed by atoms with Gasteiger partial charge in [-0.15, -0.1) is 0 Å². The number of anilines is 3. The van der Waals surface area contributed by atoms with Gasteiger partial charge in [-0.1, -0.05) is 6.58 Å². The van der Waals surface area contributed by atoms with Gasteiger partial charge in [0.15, 0.2) is 5.82 Å². The number of benzene rings is 2. The number of aryl methyl sites for hydroxylation is 2. The summed E-state index contributed by atoms with van der Waals surface area (Å²) in [4.78, 5) is 4.68. The van der Waals surface area contributed by atoms with Crippen LogP contribution in [0.1, 0.15) is 27.8 Å². The van der Waals surface area contributed by atoms with Gasteiger partial charge in [0, 0.05) is 23.5 Å². The first-order valence-electron chi connectivity index (χ1n) is 9.62. The minimum atomic E-state index is 0.407. The van der Waals surface area contributed by atoms with E-state index in [-0.39, 0.29) is 0 Å². The number of rotatable bonds is 4. The zero-order chi connectivity index (χ0) is 22.0. The van der Waals surface area contributed by atoms with Gasteiger partial charge in [0.05, 0.1) is 29.0 Å². The van der Waals surface area contributed by atoms with Crippen LogP contribution in [0.4, 0.5) is 17.2 Å². The highest BCUT2D eigenvalue weighted by Gasteiger charge is 2.18. The van der Waals surface area contributed by atoms with E-state index >= 15 is 0 Å². The molecule has 31 heavy (non-hydrogen) atoms. The summed E-state index contributed by atoms with van der Waals surface area (Å²) in [7, 11) is 0. The number of aromatic nitrogens is 1. The van der Waals surface area contributed by atoms with Gasteiger partial charge in [0.25, 0.3) is 0 Å². The predicted octanol–water partition coefficient (Wildman–Crippen LogP) is 5.93. The number of allylic oxidation sites excluding steroid dienone is 2. The number of hydrogen-bond acceptors (Lipinski definition) is 6. The van der Waals surface area contributed by atoms with Crippen molar-refractivity contribution in [1.29, 1.82) is 10.5 Å². The third kappa shape index (κ3) is 3.96. The molecule has 3 aromatic rings. The molecule has 2 heterocycles. The molecule has 0 spiro atoms. The van der Waals surface area contributed by atoms with Gasteiger partial charge in [-0.2, -0.15) is 15.5 Å². The van der Waals surface area contributed by atoms with Gasteiger partial charge in [0.2, 0.25) is 5.88 Å². The van der Waals surface area contributed by atoms with Gasteiger partial charge in [-0.25, -0.2) is 0 Å². The number of pyridine rings is 1. The number of fused-ring (bicyclic) bond motifs is 1. The minimum absolute atomic E-state index is 0.407. The van der Waals surface area contributed by atoms with Crippen molar-refractivity contribution in [2.24, 2.45) is 0 Å². The SMILES string of the molecule is C=C1C=CNc2c1cc(Oc1c(C)cc(C#N)cc1C)nc2Nc1ccc(C#N)cc1. The number of nitriles is 2. The first kappa shape index (κ1) is 19.8. The van der Waals surface area contributed by atoms with E-state index in [1.54, 1.807) is 24.3 Å². The van der Waals surface area contributed by atoms with E-state index in [1.165, 1.54) is 0 Å². The summed E-state index contributed by atoms with van der Waals surface area (Å²) in [5.74, 6) is 1.65.